The summed E-state index contributed by atoms with van der Waals surface area (Å²) >= 11 is 3.42. The maximum absolute atomic E-state index is 12.6. The SMILES string of the molecule is COC(=O)c1[nH]c2ccc(Br)cc2c1NC(=O)CN1C[C@@H](C)O[C@@H](C)C1. The zero-order chi connectivity index (χ0) is 18.8. The number of rotatable bonds is 4. The molecule has 1 aromatic heterocycles. The predicted octanol–water partition coefficient (Wildman–Crippen LogP) is 2.76. The lowest BCUT2D eigenvalue weighted by molar-refractivity contribution is -0.121. The second-order valence-electron chi connectivity index (χ2n) is 6.56. The van der Waals surface area contributed by atoms with Crippen molar-refractivity contribution in [3.63, 3.8) is 0 Å². The molecular formula is C18H22BrN3O4. The number of nitrogens with zero attached hydrogens (tertiary/aromatic N) is 1. The van der Waals surface area contributed by atoms with Crippen molar-refractivity contribution in [2.75, 3.05) is 32.1 Å². The summed E-state index contributed by atoms with van der Waals surface area (Å²) in [6.07, 6.45) is 0.169. The lowest BCUT2D eigenvalue weighted by Gasteiger charge is -2.34. The number of fused-ring (bicyclic) bond motifs is 1. The molecule has 1 saturated heterocycles. The fourth-order valence-electron chi connectivity index (χ4n) is 3.34. The number of hydrogen-bond acceptors (Lipinski definition) is 5. The number of nitrogens with one attached hydrogen (secondary N) is 2. The third-order valence-corrected chi connectivity index (χ3v) is 4.77. The van der Waals surface area contributed by atoms with Crippen molar-refractivity contribution in [2.24, 2.45) is 0 Å². The van der Waals surface area contributed by atoms with Gasteiger partial charge in [-0.15, -0.1) is 0 Å². The molecule has 1 amide bonds. The molecule has 1 aromatic carbocycles. The van der Waals surface area contributed by atoms with Crippen LogP contribution in [0, 0.1) is 0 Å². The van der Waals surface area contributed by atoms with Crippen molar-refractivity contribution < 1.29 is 19.1 Å². The van der Waals surface area contributed by atoms with Gasteiger partial charge in [-0.05, 0) is 32.0 Å². The van der Waals surface area contributed by atoms with Gasteiger partial charge in [-0.3, -0.25) is 9.69 Å². The van der Waals surface area contributed by atoms with Crippen molar-refractivity contribution in [3.05, 3.63) is 28.4 Å². The van der Waals surface area contributed by atoms with E-state index in [1.165, 1.54) is 7.11 Å². The van der Waals surface area contributed by atoms with Crippen LogP contribution in [0.5, 0.6) is 0 Å². The average molecular weight is 424 g/mol. The van der Waals surface area contributed by atoms with Crippen LogP contribution in [0.3, 0.4) is 0 Å². The summed E-state index contributed by atoms with van der Waals surface area (Å²) < 4.78 is 11.4. The molecule has 2 N–H and O–H groups in total. The Balaban J connectivity index is 1.83. The number of amides is 1. The molecule has 26 heavy (non-hydrogen) atoms. The van der Waals surface area contributed by atoms with Crippen LogP contribution in [-0.2, 0) is 14.3 Å². The first-order valence-corrected chi connectivity index (χ1v) is 9.24. The highest BCUT2D eigenvalue weighted by Crippen LogP contribution is 2.30. The number of ether oxygens (including phenoxy) is 2. The van der Waals surface area contributed by atoms with Gasteiger partial charge in [0.05, 0.1) is 31.5 Å². The van der Waals surface area contributed by atoms with E-state index in [0.29, 0.717) is 18.8 Å². The molecule has 0 radical (unpaired) electrons. The fraction of sp³-hybridized carbons (Fsp3) is 0.444. The number of hydrogen-bond donors (Lipinski definition) is 2. The van der Waals surface area contributed by atoms with Crippen LogP contribution >= 0.6 is 15.9 Å². The highest BCUT2D eigenvalue weighted by atomic mass is 79.9. The Kier molecular flexibility index (Phi) is 5.64. The molecular weight excluding hydrogens is 402 g/mol. The third kappa shape index (κ3) is 4.08. The number of esters is 1. The molecule has 2 atom stereocenters. The molecule has 0 aliphatic carbocycles. The number of anilines is 1. The van der Waals surface area contributed by atoms with E-state index in [-0.39, 0.29) is 30.4 Å². The lowest BCUT2D eigenvalue weighted by atomic mass is 10.2. The quantitative estimate of drug-likeness (QED) is 0.738. The van der Waals surface area contributed by atoms with Crippen LogP contribution in [0.1, 0.15) is 24.3 Å². The fourth-order valence-corrected chi connectivity index (χ4v) is 3.71. The first-order chi connectivity index (χ1) is 12.4. The zero-order valence-electron chi connectivity index (χ0n) is 15.0. The number of carbonyl (C=O) groups is 2. The molecule has 0 spiro atoms. The van der Waals surface area contributed by atoms with Crippen molar-refractivity contribution in [1.29, 1.82) is 0 Å². The standard InChI is InChI=1S/C18H22BrN3O4/c1-10-7-22(8-11(2)26-10)9-15(23)21-16-13-6-12(19)4-5-14(13)20-17(16)18(24)25-3/h4-6,10-11,20H,7-9H2,1-3H3,(H,21,23)/t10-,11+. The van der Waals surface area contributed by atoms with Crippen LogP contribution in [0.2, 0.25) is 0 Å². The average Bonchev–Trinajstić information content (AvgIpc) is 2.91. The minimum absolute atomic E-state index is 0.0845. The monoisotopic (exact) mass is 423 g/mol. The second kappa shape index (κ2) is 7.77. The van der Waals surface area contributed by atoms with E-state index >= 15 is 0 Å². The Morgan fingerprint density at radius 3 is 2.69 bits per heavy atom. The predicted molar refractivity (Wildman–Crippen MR) is 102 cm³/mol. The largest absolute Gasteiger partial charge is 0.464 e. The summed E-state index contributed by atoms with van der Waals surface area (Å²) in [5.41, 5.74) is 1.42. The molecule has 1 aliphatic heterocycles. The van der Waals surface area contributed by atoms with Gasteiger partial charge in [-0.1, -0.05) is 15.9 Å². The van der Waals surface area contributed by atoms with E-state index < -0.39 is 5.97 Å². The van der Waals surface area contributed by atoms with Crippen molar-refractivity contribution in [1.82, 2.24) is 9.88 Å². The minimum Gasteiger partial charge on any atom is -0.464 e. The molecule has 0 saturated carbocycles. The van der Waals surface area contributed by atoms with Crippen LogP contribution in [0.25, 0.3) is 10.9 Å². The smallest absolute Gasteiger partial charge is 0.356 e. The maximum Gasteiger partial charge on any atom is 0.356 e. The van der Waals surface area contributed by atoms with Gasteiger partial charge in [0.25, 0.3) is 0 Å². The van der Waals surface area contributed by atoms with E-state index in [4.69, 9.17) is 9.47 Å². The van der Waals surface area contributed by atoms with Crippen LogP contribution < -0.4 is 5.32 Å². The maximum atomic E-state index is 12.6. The van der Waals surface area contributed by atoms with Gasteiger partial charge >= 0.3 is 5.97 Å². The van der Waals surface area contributed by atoms with Gasteiger partial charge in [-0.25, -0.2) is 4.79 Å². The highest BCUT2D eigenvalue weighted by molar-refractivity contribution is 9.10. The van der Waals surface area contributed by atoms with Crippen LogP contribution in [0.4, 0.5) is 5.69 Å². The number of morpholine rings is 1. The second-order valence-corrected chi connectivity index (χ2v) is 7.47. The summed E-state index contributed by atoms with van der Waals surface area (Å²) in [6.45, 7) is 5.61. The molecule has 1 fully saturated rings. The number of H-pyrrole nitrogens is 1. The van der Waals surface area contributed by atoms with Gasteiger partial charge in [0, 0.05) is 28.5 Å². The number of carbonyl (C=O) groups excluding carboxylic acids is 2. The van der Waals surface area contributed by atoms with E-state index in [1.807, 2.05) is 32.0 Å². The first-order valence-electron chi connectivity index (χ1n) is 8.44. The minimum atomic E-state index is -0.527. The van der Waals surface area contributed by atoms with E-state index in [9.17, 15) is 9.59 Å². The number of benzene rings is 1. The summed E-state index contributed by atoms with van der Waals surface area (Å²) in [4.78, 5) is 29.8. The van der Waals surface area contributed by atoms with E-state index in [1.54, 1.807) is 0 Å². The molecule has 0 unspecified atom stereocenters. The summed E-state index contributed by atoms with van der Waals surface area (Å²) in [5, 5.41) is 3.63. The van der Waals surface area contributed by atoms with Crippen LogP contribution in [-0.4, -0.2) is 60.7 Å². The summed E-state index contributed by atoms with van der Waals surface area (Å²) in [6, 6.07) is 5.56. The Hall–Kier alpha value is -1.90. The Labute approximate surface area is 160 Å². The Bertz CT molecular complexity index is 825. The van der Waals surface area contributed by atoms with Gasteiger partial charge in [-0.2, -0.15) is 0 Å². The Morgan fingerprint density at radius 2 is 2.04 bits per heavy atom. The molecule has 7 nitrogen and oxygen atoms in total. The molecule has 0 bridgehead atoms. The number of aromatic nitrogens is 1. The molecule has 8 heteroatoms. The number of aromatic amines is 1. The van der Waals surface area contributed by atoms with Gasteiger partial charge < -0.3 is 19.8 Å². The highest BCUT2D eigenvalue weighted by Gasteiger charge is 2.25. The zero-order valence-corrected chi connectivity index (χ0v) is 16.6. The van der Waals surface area contributed by atoms with E-state index in [2.05, 4.69) is 31.1 Å². The van der Waals surface area contributed by atoms with Crippen molar-refractivity contribution >= 4 is 44.4 Å². The number of methoxy groups -OCH3 is 1. The Morgan fingerprint density at radius 1 is 1.35 bits per heavy atom. The third-order valence-electron chi connectivity index (χ3n) is 4.28. The van der Waals surface area contributed by atoms with E-state index in [0.717, 1.165) is 15.4 Å². The summed E-state index contributed by atoms with van der Waals surface area (Å²) in [5.74, 6) is -0.710. The number of halogens is 1. The summed E-state index contributed by atoms with van der Waals surface area (Å²) in [7, 11) is 1.31. The van der Waals surface area contributed by atoms with Gasteiger partial charge in [0.15, 0.2) is 0 Å². The van der Waals surface area contributed by atoms with Crippen molar-refractivity contribution in [2.45, 2.75) is 26.1 Å². The molecule has 1 aliphatic rings. The molecule has 2 aromatic rings. The topological polar surface area (TPSA) is 83.7 Å². The van der Waals surface area contributed by atoms with Gasteiger partial charge in [0.2, 0.25) is 5.91 Å². The lowest BCUT2D eigenvalue weighted by Crippen LogP contribution is -2.48. The first kappa shape index (κ1) is 18.9. The molecule has 3 rings (SSSR count). The van der Waals surface area contributed by atoms with Crippen LogP contribution in [0.15, 0.2) is 22.7 Å². The normalized spacial score (nSPS) is 20.9. The van der Waals surface area contributed by atoms with Crippen molar-refractivity contribution in [3.8, 4) is 0 Å². The molecule has 2 heterocycles. The van der Waals surface area contributed by atoms with Gasteiger partial charge in [0.1, 0.15) is 5.69 Å². The molecule has 140 valence electrons.